The average molecular weight is 199 g/mol. The molecule has 0 fully saturated rings. The van der Waals surface area contributed by atoms with E-state index in [1.165, 1.54) is 5.56 Å². The maximum atomic E-state index is 5.78. The van der Waals surface area contributed by atoms with Gasteiger partial charge in [-0.2, -0.15) is 0 Å². The van der Waals surface area contributed by atoms with Gasteiger partial charge < -0.3 is 11.1 Å². The standard InChI is InChI=1S/C10H15ClN2/c1-8(13-7-6-12)9-2-4-10(11)5-3-9/h2-5,8,13H,6-7,12H2,1H3. The molecule has 72 valence electrons. The maximum Gasteiger partial charge on any atom is 0.0406 e. The number of hydrogen-bond acceptors (Lipinski definition) is 2. The van der Waals surface area contributed by atoms with Crippen LogP contribution in [-0.4, -0.2) is 13.1 Å². The fourth-order valence-electron chi connectivity index (χ4n) is 1.17. The Hall–Kier alpha value is -0.570. The smallest absolute Gasteiger partial charge is 0.0406 e. The summed E-state index contributed by atoms with van der Waals surface area (Å²) in [5, 5.41) is 4.07. The van der Waals surface area contributed by atoms with Crippen molar-refractivity contribution in [3.63, 3.8) is 0 Å². The second kappa shape index (κ2) is 5.22. The van der Waals surface area contributed by atoms with E-state index in [2.05, 4.69) is 12.2 Å². The average Bonchev–Trinajstić information content (AvgIpc) is 2.15. The maximum absolute atomic E-state index is 5.78. The fourth-order valence-corrected chi connectivity index (χ4v) is 1.30. The highest BCUT2D eigenvalue weighted by molar-refractivity contribution is 6.30. The normalized spacial score (nSPS) is 12.8. The summed E-state index contributed by atoms with van der Waals surface area (Å²) in [6.45, 7) is 3.61. The Balaban J connectivity index is 2.55. The quantitative estimate of drug-likeness (QED) is 0.776. The lowest BCUT2D eigenvalue weighted by Crippen LogP contribution is -2.25. The summed E-state index contributed by atoms with van der Waals surface area (Å²) in [7, 11) is 0. The Morgan fingerprint density at radius 2 is 2.00 bits per heavy atom. The predicted octanol–water partition coefficient (Wildman–Crippen LogP) is 1.95. The molecule has 3 heteroatoms. The van der Waals surface area contributed by atoms with Gasteiger partial charge in [0.1, 0.15) is 0 Å². The van der Waals surface area contributed by atoms with Gasteiger partial charge >= 0.3 is 0 Å². The first kappa shape index (κ1) is 10.5. The highest BCUT2D eigenvalue weighted by atomic mass is 35.5. The van der Waals surface area contributed by atoms with Crippen LogP contribution in [0.5, 0.6) is 0 Å². The number of nitrogens with one attached hydrogen (secondary N) is 1. The van der Waals surface area contributed by atoms with Crippen molar-refractivity contribution in [3.8, 4) is 0 Å². The van der Waals surface area contributed by atoms with E-state index < -0.39 is 0 Å². The molecule has 0 saturated carbocycles. The largest absolute Gasteiger partial charge is 0.329 e. The molecule has 2 nitrogen and oxygen atoms in total. The molecular formula is C10H15ClN2. The molecule has 0 heterocycles. The van der Waals surface area contributed by atoms with Gasteiger partial charge in [0, 0.05) is 24.2 Å². The van der Waals surface area contributed by atoms with Gasteiger partial charge in [0.15, 0.2) is 0 Å². The molecule has 1 rings (SSSR count). The van der Waals surface area contributed by atoms with Crippen LogP contribution in [0.15, 0.2) is 24.3 Å². The zero-order chi connectivity index (χ0) is 9.68. The molecule has 0 spiro atoms. The first-order valence-electron chi connectivity index (χ1n) is 4.43. The second-order valence-electron chi connectivity index (χ2n) is 3.02. The van der Waals surface area contributed by atoms with Crippen LogP contribution < -0.4 is 11.1 Å². The van der Waals surface area contributed by atoms with Gasteiger partial charge in [-0.1, -0.05) is 23.7 Å². The Labute approximate surface area is 84.1 Å². The van der Waals surface area contributed by atoms with Crippen molar-refractivity contribution in [1.82, 2.24) is 5.32 Å². The van der Waals surface area contributed by atoms with Gasteiger partial charge in [0.05, 0.1) is 0 Å². The van der Waals surface area contributed by atoms with Gasteiger partial charge in [-0.05, 0) is 24.6 Å². The lowest BCUT2D eigenvalue weighted by molar-refractivity contribution is 0.582. The molecule has 0 aliphatic rings. The number of nitrogens with two attached hydrogens (primary N) is 1. The molecule has 0 aliphatic heterocycles. The monoisotopic (exact) mass is 198 g/mol. The van der Waals surface area contributed by atoms with Crippen LogP contribution in [0.1, 0.15) is 18.5 Å². The zero-order valence-corrected chi connectivity index (χ0v) is 8.51. The molecule has 0 aliphatic carbocycles. The molecule has 0 saturated heterocycles. The van der Waals surface area contributed by atoms with E-state index in [0.29, 0.717) is 12.6 Å². The van der Waals surface area contributed by atoms with Crippen LogP contribution in [0, 0.1) is 0 Å². The lowest BCUT2D eigenvalue weighted by Gasteiger charge is -2.13. The Kier molecular flexibility index (Phi) is 4.22. The van der Waals surface area contributed by atoms with Crippen molar-refractivity contribution in [3.05, 3.63) is 34.9 Å². The minimum absolute atomic E-state index is 0.334. The Bertz CT molecular complexity index is 246. The molecule has 1 atom stereocenters. The third kappa shape index (κ3) is 3.35. The van der Waals surface area contributed by atoms with Crippen LogP contribution >= 0.6 is 11.6 Å². The minimum Gasteiger partial charge on any atom is -0.329 e. The Morgan fingerprint density at radius 3 is 2.54 bits per heavy atom. The summed E-state index contributed by atoms with van der Waals surface area (Å²) in [5.41, 5.74) is 6.63. The van der Waals surface area contributed by atoms with E-state index >= 15 is 0 Å². The molecule has 1 aromatic rings. The van der Waals surface area contributed by atoms with Crippen molar-refractivity contribution in [2.24, 2.45) is 5.73 Å². The third-order valence-electron chi connectivity index (χ3n) is 1.96. The van der Waals surface area contributed by atoms with E-state index in [9.17, 15) is 0 Å². The number of halogens is 1. The third-order valence-corrected chi connectivity index (χ3v) is 2.22. The first-order chi connectivity index (χ1) is 6.24. The summed E-state index contributed by atoms with van der Waals surface area (Å²) in [6.07, 6.45) is 0. The van der Waals surface area contributed by atoms with Gasteiger partial charge in [-0.3, -0.25) is 0 Å². The van der Waals surface area contributed by atoms with E-state index in [1.807, 2.05) is 24.3 Å². The van der Waals surface area contributed by atoms with Crippen LogP contribution in [0.25, 0.3) is 0 Å². The molecule has 0 aromatic heterocycles. The lowest BCUT2D eigenvalue weighted by atomic mass is 10.1. The molecular weight excluding hydrogens is 184 g/mol. The van der Waals surface area contributed by atoms with Crippen molar-refractivity contribution < 1.29 is 0 Å². The minimum atomic E-state index is 0.334. The second-order valence-corrected chi connectivity index (χ2v) is 3.45. The van der Waals surface area contributed by atoms with Crippen molar-refractivity contribution in [2.45, 2.75) is 13.0 Å². The molecule has 0 amide bonds. The van der Waals surface area contributed by atoms with Crippen LogP contribution in [0.2, 0.25) is 5.02 Å². The van der Waals surface area contributed by atoms with Crippen molar-refractivity contribution in [1.29, 1.82) is 0 Å². The summed E-state index contributed by atoms with van der Waals surface area (Å²) < 4.78 is 0. The number of benzene rings is 1. The zero-order valence-electron chi connectivity index (χ0n) is 7.76. The van der Waals surface area contributed by atoms with E-state index in [0.717, 1.165) is 11.6 Å². The van der Waals surface area contributed by atoms with Crippen LogP contribution in [0.3, 0.4) is 0 Å². The summed E-state index contributed by atoms with van der Waals surface area (Å²) in [5.74, 6) is 0. The van der Waals surface area contributed by atoms with Gasteiger partial charge in [-0.15, -0.1) is 0 Å². The number of hydrogen-bond donors (Lipinski definition) is 2. The molecule has 0 bridgehead atoms. The molecule has 3 N–H and O–H groups in total. The molecule has 0 radical (unpaired) electrons. The SMILES string of the molecule is CC(NCCN)c1ccc(Cl)cc1. The molecule has 13 heavy (non-hydrogen) atoms. The van der Waals surface area contributed by atoms with E-state index in [1.54, 1.807) is 0 Å². The van der Waals surface area contributed by atoms with Gasteiger partial charge in [0.25, 0.3) is 0 Å². The van der Waals surface area contributed by atoms with E-state index in [4.69, 9.17) is 17.3 Å². The van der Waals surface area contributed by atoms with Gasteiger partial charge in [0.2, 0.25) is 0 Å². The van der Waals surface area contributed by atoms with Crippen molar-refractivity contribution >= 4 is 11.6 Å². The topological polar surface area (TPSA) is 38.0 Å². The summed E-state index contributed by atoms with van der Waals surface area (Å²) in [4.78, 5) is 0. The van der Waals surface area contributed by atoms with Crippen molar-refractivity contribution in [2.75, 3.05) is 13.1 Å². The summed E-state index contributed by atoms with van der Waals surface area (Å²) >= 11 is 5.78. The molecule has 1 unspecified atom stereocenters. The first-order valence-corrected chi connectivity index (χ1v) is 4.80. The van der Waals surface area contributed by atoms with E-state index in [-0.39, 0.29) is 0 Å². The fraction of sp³-hybridized carbons (Fsp3) is 0.400. The summed E-state index contributed by atoms with van der Waals surface area (Å²) in [6, 6.07) is 8.18. The predicted molar refractivity (Wildman–Crippen MR) is 56.9 cm³/mol. The highest BCUT2D eigenvalue weighted by Crippen LogP contribution is 2.15. The highest BCUT2D eigenvalue weighted by Gasteiger charge is 2.02. The number of rotatable bonds is 4. The van der Waals surface area contributed by atoms with Gasteiger partial charge in [-0.25, -0.2) is 0 Å². The Morgan fingerprint density at radius 1 is 1.38 bits per heavy atom. The molecule has 1 aromatic carbocycles. The van der Waals surface area contributed by atoms with Crippen LogP contribution in [0.4, 0.5) is 0 Å². The van der Waals surface area contributed by atoms with Crippen LogP contribution in [-0.2, 0) is 0 Å².